The van der Waals surface area contributed by atoms with Crippen LogP contribution in [0.5, 0.6) is 0 Å². The van der Waals surface area contributed by atoms with Crippen LogP contribution in [0, 0.1) is 5.92 Å². The van der Waals surface area contributed by atoms with Gasteiger partial charge in [-0.25, -0.2) is 4.79 Å². The predicted molar refractivity (Wildman–Crippen MR) is 65.4 cm³/mol. The van der Waals surface area contributed by atoms with Crippen molar-refractivity contribution in [1.82, 2.24) is 15.5 Å². The van der Waals surface area contributed by atoms with Gasteiger partial charge in [0.05, 0.1) is 6.54 Å². The highest BCUT2D eigenvalue weighted by Crippen LogP contribution is 2.15. The molecule has 1 aliphatic rings. The molecule has 0 aromatic rings. The van der Waals surface area contributed by atoms with Crippen LogP contribution in [0.1, 0.15) is 19.8 Å². The molecule has 1 aliphatic heterocycles. The molecule has 3 amide bonds. The van der Waals surface area contributed by atoms with Crippen LogP contribution in [0.2, 0.25) is 0 Å². The fourth-order valence-corrected chi connectivity index (χ4v) is 2.05. The normalized spacial score (nSPS) is 20.1. The first-order valence-electron chi connectivity index (χ1n) is 6.15. The minimum Gasteiger partial charge on any atom is -0.352 e. The van der Waals surface area contributed by atoms with Crippen molar-refractivity contribution in [3.05, 3.63) is 0 Å². The fraction of sp³-hybridized carbons (Fsp3) is 0.818. The summed E-state index contributed by atoms with van der Waals surface area (Å²) in [4.78, 5) is 24.3. The van der Waals surface area contributed by atoms with E-state index in [1.54, 1.807) is 0 Å². The number of piperidine rings is 1. The third-order valence-corrected chi connectivity index (χ3v) is 2.96. The van der Waals surface area contributed by atoms with Crippen molar-refractivity contribution in [3.63, 3.8) is 0 Å². The summed E-state index contributed by atoms with van der Waals surface area (Å²) in [6.07, 6.45) is 2.02. The van der Waals surface area contributed by atoms with Gasteiger partial charge in [-0.05, 0) is 25.3 Å². The zero-order valence-electron chi connectivity index (χ0n) is 10.4. The number of nitrogens with zero attached hydrogens (tertiary/aromatic N) is 1. The molecule has 6 nitrogen and oxygen atoms in total. The van der Waals surface area contributed by atoms with E-state index in [9.17, 15) is 9.59 Å². The Morgan fingerprint density at radius 3 is 2.88 bits per heavy atom. The first kappa shape index (κ1) is 13.8. The molecular weight excluding hydrogens is 220 g/mol. The van der Waals surface area contributed by atoms with Crippen LogP contribution in [0.4, 0.5) is 4.79 Å². The lowest BCUT2D eigenvalue weighted by Crippen LogP contribution is -2.47. The number of likely N-dealkylation sites (N-methyl/N-ethyl adjacent to an activating group) is 1. The largest absolute Gasteiger partial charge is 0.352 e. The molecule has 98 valence electrons. The van der Waals surface area contributed by atoms with E-state index in [-0.39, 0.29) is 5.91 Å². The highest BCUT2D eigenvalue weighted by atomic mass is 16.2. The number of likely N-dealkylation sites (tertiary alicyclic amines) is 1. The average Bonchev–Trinajstić information content (AvgIpc) is 2.33. The smallest absolute Gasteiger partial charge is 0.312 e. The van der Waals surface area contributed by atoms with Crippen LogP contribution in [0.25, 0.3) is 0 Å². The summed E-state index contributed by atoms with van der Waals surface area (Å²) in [7, 11) is 0. The monoisotopic (exact) mass is 242 g/mol. The molecule has 0 radical (unpaired) electrons. The summed E-state index contributed by atoms with van der Waals surface area (Å²) in [5.41, 5.74) is 5.03. The summed E-state index contributed by atoms with van der Waals surface area (Å²) >= 11 is 0. The lowest BCUT2D eigenvalue weighted by Gasteiger charge is -2.32. The van der Waals surface area contributed by atoms with Gasteiger partial charge in [0.25, 0.3) is 0 Å². The predicted octanol–water partition coefficient (Wildman–Crippen LogP) is -0.497. The molecule has 1 rings (SSSR count). The number of hydrogen-bond donors (Lipinski definition) is 3. The van der Waals surface area contributed by atoms with E-state index < -0.39 is 6.03 Å². The molecule has 1 fully saturated rings. The Kier molecular flexibility index (Phi) is 5.76. The summed E-state index contributed by atoms with van der Waals surface area (Å²) < 4.78 is 0. The Balaban J connectivity index is 2.32. The molecule has 6 heteroatoms. The van der Waals surface area contributed by atoms with Gasteiger partial charge in [0.15, 0.2) is 0 Å². The molecule has 0 bridgehead atoms. The summed E-state index contributed by atoms with van der Waals surface area (Å²) in [6.45, 7) is 5.25. The number of carbonyl (C=O) groups excluding carboxylic acids is 2. The molecule has 0 spiro atoms. The molecule has 1 unspecified atom stereocenters. The zero-order valence-corrected chi connectivity index (χ0v) is 10.4. The van der Waals surface area contributed by atoms with Gasteiger partial charge in [-0.3, -0.25) is 4.79 Å². The Morgan fingerprint density at radius 2 is 2.24 bits per heavy atom. The second-order valence-electron chi connectivity index (χ2n) is 4.37. The molecule has 1 heterocycles. The third-order valence-electron chi connectivity index (χ3n) is 2.96. The van der Waals surface area contributed by atoms with Crippen molar-refractivity contribution in [1.29, 1.82) is 0 Å². The van der Waals surface area contributed by atoms with Gasteiger partial charge >= 0.3 is 6.03 Å². The second-order valence-corrected chi connectivity index (χ2v) is 4.37. The molecule has 0 aromatic carbocycles. The van der Waals surface area contributed by atoms with E-state index in [1.165, 1.54) is 0 Å². The van der Waals surface area contributed by atoms with Crippen LogP contribution >= 0.6 is 0 Å². The number of urea groups is 1. The molecule has 1 atom stereocenters. The van der Waals surface area contributed by atoms with Crippen LogP contribution in [0.15, 0.2) is 0 Å². The minimum absolute atomic E-state index is 0.135. The van der Waals surface area contributed by atoms with E-state index >= 15 is 0 Å². The minimum atomic E-state index is -0.499. The first-order chi connectivity index (χ1) is 8.13. The Labute approximate surface area is 102 Å². The van der Waals surface area contributed by atoms with Crippen LogP contribution in [-0.2, 0) is 4.79 Å². The van der Waals surface area contributed by atoms with E-state index in [4.69, 9.17) is 5.73 Å². The molecule has 0 aliphatic carbocycles. The Bertz CT molecular complexity index is 270. The van der Waals surface area contributed by atoms with Gasteiger partial charge < -0.3 is 21.3 Å². The SMILES string of the molecule is CCNCC(=O)N1CCCC(CNC(N)=O)C1. The number of rotatable bonds is 5. The van der Waals surface area contributed by atoms with Crippen molar-refractivity contribution in [2.75, 3.05) is 32.7 Å². The number of nitrogens with two attached hydrogens (primary N) is 1. The lowest BCUT2D eigenvalue weighted by atomic mass is 9.98. The van der Waals surface area contributed by atoms with Crippen molar-refractivity contribution in [2.45, 2.75) is 19.8 Å². The van der Waals surface area contributed by atoms with Crippen molar-refractivity contribution >= 4 is 11.9 Å². The lowest BCUT2D eigenvalue weighted by molar-refractivity contribution is -0.131. The topological polar surface area (TPSA) is 87.5 Å². The molecule has 17 heavy (non-hydrogen) atoms. The van der Waals surface area contributed by atoms with Crippen molar-refractivity contribution < 1.29 is 9.59 Å². The van der Waals surface area contributed by atoms with Crippen molar-refractivity contribution in [3.8, 4) is 0 Å². The Hall–Kier alpha value is -1.30. The van der Waals surface area contributed by atoms with Gasteiger partial charge in [-0.15, -0.1) is 0 Å². The average molecular weight is 242 g/mol. The number of carbonyl (C=O) groups is 2. The van der Waals surface area contributed by atoms with Gasteiger partial charge in [0.2, 0.25) is 5.91 Å². The van der Waals surface area contributed by atoms with E-state index in [2.05, 4.69) is 10.6 Å². The quantitative estimate of drug-likeness (QED) is 0.607. The van der Waals surface area contributed by atoms with Gasteiger partial charge in [0, 0.05) is 19.6 Å². The molecule has 0 aromatic heterocycles. The Morgan fingerprint density at radius 1 is 1.47 bits per heavy atom. The standard InChI is InChI=1S/C11H22N4O2/c1-2-13-7-10(16)15-5-3-4-9(8-15)6-14-11(12)17/h9,13H,2-8H2,1H3,(H3,12,14,17). The van der Waals surface area contributed by atoms with Gasteiger partial charge in [-0.1, -0.05) is 6.92 Å². The van der Waals surface area contributed by atoms with Gasteiger partial charge in [0.1, 0.15) is 0 Å². The van der Waals surface area contributed by atoms with Crippen LogP contribution in [-0.4, -0.2) is 49.6 Å². The highest BCUT2D eigenvalue weighted by molar-refractivity contribution is 5.78. The summed E-state index contributed by atoms with van der Waals surface area (Å²) in [5.74, 6) is 0.456. The maximum absolute atomic E-state index is 11.8. The van der Waals surface area contributed by atoms with Crippen LogP contribution in [0.3, 0.4) is 0 Å². The van der Waals surface area contributed by atoms with E-state index in [0.29, 0.717) is 25.6 Å². The zero-order chi connectivity index (χ0) is 12.7. The van der Waals surface area contributed by atoms with Gasteiger partial charge in [-0.2, -0.15) is 0 Å². The summed E-state index contributed by atoms with van der Waals surface area (Å²) in [6, 6.07) is -0.499. The van der Waals surface area contributed by atoms with Crippen molar-refractivity contribution in [2.24, 2.45) is 11.7 Å². The van der Waals surface area contributed by atoms with Crippen LogP contribution < -0.4 is 16.4 Å². The third kappa shape index (κ3) is 5.04. The molecule has 1 saturated heterocycles. The molecular formula is C11H22N4O2. The number of primary amides is 1. The second kappa shape index (κ2) is 7.11. The highest BCUT2D eigenvalue weighted by Gasteiger charge is 2.23. The van der Waals surface area contributed by atoms with E-state index in [1.807, 2.05) is 11.8 Å². The summed E-state index contributed by atoms with van der Waals surface area (Å²) in [5, 5.41) is 5.63. The fourth-order valence-electron chi connectivity index (χ4n) is 2.05. The maximum Gasteiger partial charge on any atom is 0.312 e. The number of amides is 3. The first-order valence-corrected chi connectivity index (χ1v) is 6.15. The molecule has 0 saturated carbocycles. The number of hydrogen-bond acceptors (Lipinski definition) is 3. The molecule has 4 N–H and O–H groups in total. The van der Waals surface area contributed by atoms with E-state index in [0.717, 1.165) is 25.9 Å². The number of nitrogens with one attached hydrogen (secondary N) is 2. The maximum atomic E-state index is 11.8.